The van der Waals surface area contributed by atoms with Gasteiger partial charge >= 0.3 is 12.2 Å². The largest absolute Gasteiger partial charge is 0.446 e. The van der Waals surface area contributed by atoms with Crippen molar-refractivity contribution in [3.8, 4) is 0 Å². The van der Waals surface area contributed by atoms with Crippen LogP contribution in [0.5, 0.6) is 0 Å². The van der Waals surface area contributed by atoms with Crippen LogP contribution >= 0.6 is 0 Å². The Morgan fingerprint density at radius 1 is 0.500 bits per heavy atom. The van der Waals surface area contributed by atoms with Gasteiger partial charge in [-0.15, -0.1) is 13.2 Å². The van der Waals surface area contributed by atoms with Gasteiger partial charge in [0.1, 0.15) is 13.2 Å². The molecule has 0 unspecified atom stereocenters. The summed E-state index contributed by atoms with van der Waals surface area (Å²) in [6.07, 6.45) is 24.7. The van der Waals surface area contributed by atoms with Crippen LogP contribution in [0.3, 0.4) is 0 Å². The molecule has 0 bridgehead atoms. The summed E-state index contributed by atoms with van der Waals surface area (Å²) >= 11 is 0. The van der Waals surface area contributed by atoms with Crippen LogP contribution in [-0.2, 0) is 9.47 Å². The Balaban J connectivity index is 3.29. The van der Waals surface area contributed by atoms with Crippen LogP contribution in [0.15, 0.2) is 25.3 Å². The van der Waals surface area contributed by atoms with Crippen molar-refractivity contribution in [2.24, 2.45) is 0 Å². The van der Waals surface area contributed by atoms with Crippen LogP contribution in [0.1, 0.15) is 116 Å². The molecule has 0 fully saturated rings. The molecule has 0 heterocycles. The third kappa shape index (κ3) is 26.3. The van der Waals surface area contributed by atoms with Crippen molar-refractivity contribution in [1.29, 1.82) is 0 Å². The van der Waals surface area contributed by atoms with Gasteiger partial charge < -0.3 is 20.1 Å². The van der Waals surface area contributed by atoms with Gasteiger partial charge in [0.15, 0.2) is 0 Å². The number of unbranched alkanes of at least 4 members (excludes halogenated alkanes) is 16. The first kappa shape index (κ1) is 32.0. The number of hydrogen-bond donors (Lipinski definition) is 2. The number of carbonyl (C=O) groups is 2. The van der Waals surface area contributed by atoms with Crippen LogP contribution in [0.25, 0.3) is 0 Å². The highest BCUT2D eigenvalue weighted by Crippen LogP contribution is 2.10. The predicted molar refractivity (Wildman–Crippen MR) is 142 cm³/mol. The van der Waals surface area contributed by atoms with Gasteiger partial charge in [0, 0.05) is 13.1 Å². The molecule has 0 saturated heterocycles. The van der Waals surface area contributed by atoms with Gasteiger partial charge in [-0.1, -0.05) is 89.2 Å². The molecule has 0 aromatic rings. The fraction of sp³-hybridized carbons (Fsp3) is 0.786. The first-order valence-corrected chi connectivity index (χ1v) is 13.7. The van der Waals surface area contributed by atoms with Gasteiger partial charge in [-0.25, -0.2) is 9.59 Å². The number of alkyl carbamates (subject to hydrolysis) is 2. The minimum Gasteiger partial charge on any atom is -0.446 e. The predicted octanol–water partition coefficient (Wildman–Crippen LogP) is 7.83. The van der Waals surface area contributed by atoms with E-state index in [1.807, 2.05) is 12.2 Å². The zero-order valence-corrected chi connectivity index (χ0v) is 21.8. The van der Waals surface area contributed by atoms with Crippen LogP contribution < -0.4 is 10.6 Å². The third-order valence-corrected chi connectivity index (χ3v) is 5.76. The average Bonchev–Trinajstić information content (AvgIpc) is 2.83. The fourth-order valence-corrected chi connectivity index (χ4v) is 3.70. The highest BCUT2D eigenvalue weighted by atomic mass is 16.6. The van der Waals surface area contributed by atoms with E-state index >= 15 is 0 Å². The quantitative estimate of drug-likeness (QED) is 0.103. The maximum atomic E-state index is 11.6. The molecule has 2 amide bonds. The second-order valence-electron chi connectivity index (χ2n) is 8.94. The maximum absolute atomic E-state index is 11.6. The van der Waals surface area contributed by atoms with Crippen molar-refractivity contribution >= 4 is 12.2 Å². The lowest BCUT2D eigenvalue weighted by Gasteiger charge is -2.09. The standard InChI is InChI=1S/C28H52N2O4/c1-3-5-7-9-11-13-15-17-19-21-23-29-27(31)33-25-26-34-28(32)30-24-22-20-18-16-14-12-10-8-6-4-2/h3-4H,1-2,5-26H2,(H,29,31)(H,30,32). The fourth-order valence-electron chi connectivity index (χ4n) is 3.70. The molecule has 0 aliphatic rings. The second kappa shape index (κ2) is 27.3. The Kier molecular flexibility index (Phi) is 25.7. The second-order valence-corrected chi connectivity index (χ2v) is 8.94. The van der Waals surface area contributed by atoms with E-state index in [4.69, 9.17) is 9.47 Å². The minimum absolute atomic E-state index is 0.0674. The average molecular weight is 481 g/mol. The molecular formula is C28H52N2O4. The van der Waals surface area contributed by atoms with Crippen molar-refractivity contribution in [2.45, 2.75) is 116 Å². The monoisotopic (exact) mass is 480 g/mol. The normalized spacial score (nSPS) is 10.5. The van der Waals surface area contributed by atoms with Crippen molar-refractivity contribution in [3.63, 3.8) is 0 Å². The van der Waals surface area contributed by atoms with E-state index in [9.17, 15) is 9.59 Å². The van der Waals surface area contributed by atoms with E-state index in [2.05, 4.69) is 23.8 Å². The van der Waals surface area contributed by atoms with Gasteiger partial charge in [-0.3, -0.25) is 0 Å². The molecule has 0 saturated carbocycles. The Morgan fingerprint density at radius 3 is 1.12 bits per heavy atom. The van der Waals surface area contributed by atoms with Gasteiger partial charge in [-0.2, -0.15) is 0 Å². The summed E-state index contributed by atoms with van der Waals surface area (Å²) in [4.78, 5) is 23.3. The molecule has 0 atom stereocenters. The maximum Gasteiger partial charge on any atom is 0.407 e. The van der Waals surface area contributed by atoms with Crippen molar-refractivity contribution in [1.82, 2.24) is 10.6 Å². The number of ether oxygens (including phenoxy) is 2. The SMILES string of the molecule is C=CCCCCCCCCCCNC(=O)OCCOC(=O)NCCCCCCCCCCC=C. The molecule has 0 aliphatic heterocycles. The lowest BCUT2D eigenvalue weighted by molar-refractivity contribution is 0.0956. The highest BCUT2D eigenvalue weighted by molar-refractivity contribution is 5.67. The molecule has 0 spiro atoms. The zero-order valence-electron chi connectivity index (χ0n) is 21.8. The van der Waals surface area contributed by atoms with Crippen LogP contribution in [-0.4, -0.2) is 38.5 Å². The summed E-state index contributed by atoms with van der Waals surface area (Å²) in [5, 5.41) is 5.48. The zero-order chi connectivity index (χ0) is 25.0. The Hall–Kier alpha value is -1.98. The topological polar surface area (TPSA) is 76.7 Å². The summed E-state index contributed by atoms with van der Waals surface area (Å²) < 4.78 is 10.1. The Bertz CT molecular complexity index is 453. The van der Waals surface area contributed by atoms with Crippen molar-refractivity contribution < 1.29 is 19.1 Å². The molecule has 34 heavy (non-hydrogen) atoms. The van der Waals surface area contributed by atoms with Gasteiger partial charge in [0.25, 0.3) is 0 Å². The summed E-state index contributed by atoms with van der Waals surface area (Å²) in [6.45, 7) is 8.86. The van der Waals surface area contributed by atoms with E-state index in [1.165, 1.54) is 77.0 Å². The summed E-state index contributed by atoms with van der Waals surface area (Å²) in [5.41, 5.74) is 0. The lowest BCUT2D eigenvalue weighted by atomic mass is 10.1. The van der Waals surface area contributed by atoms with Crippen LogP contribution in [0.2, 0.25) is 0 Å². The minimum atomic E-state index is -0.452. The highest BCUT2D eigenvalue weighted by Gasteiger charge is 2.04. The van der Waals surface area contributed by atoms with Crippen LogP contribution in [0, 0.1) is 0 Å². The van der Waals surface area contributed by atoms with E-state index < -0.39 is 12.2 Å². The molecular weight excluding hydrogens is 428 g/mol. The smallest absolute Gasteiger partial charge is 0.407 e. The van der Waals surface area contributed by atoms with E-state index in [1.54, 1.807) is 0 Å². The number of carbonyl (C=O) groups excluding carboxylic acids is 2. The molecule has 0 rings (SSSR count). The van der Waals surface area contributed by atoms with Gasteiger partial charge in [-0.05, 0) is 38.5 Å². The van der Waals surface area contributed by atoms with Gasteiger partial charge in [0.05, 0.1) is 0 Å². The summed E-state index contributed by atoms with van der Waals surface area (Å²) in [7, 11) is 0. The van der Waals surface area contributed by atoms with Crippen molar-refractivity contribution in [3.05, 3.63) is 25.3 Å². The Labute approximate surface area is 209 Å². The summed E-state index contributed by atoms with van der Waals surface area (Å²) in [6, 6.07) is 0. The molecule has 0 aromatic heterocycles. The van der Waals surface area contributed by atoms with E-state index in [0.29, 0.717) is 13.1 Å². The molecule has 6 nitrogen and oxygen atoms in total. The third-order valence-electron chi connectivity index (χ3n) is 5.76. The van der Waals surface area contributed by atoms with E-state index in [0.717, 1.165) is 38.5 Å². The number of allylic oxidation sites excluding steroid dienone is 2. The first-order valence-electron chi connectivity index (χ1n) is 13.7. The molecule has 0 aliphatic carbocycles. The lowest BCUT2D eigenvalue weighted by Crippen LogP contribution is -2.29. The van der Waals surface area contributed by atoms with E-state index in [-0.39, 0.29) is 13.2 Å². The molecule has 2 N–H and O–H groups in total. The molecule has 0 aromatic carbocycles. The first-order chi connectivity index (χ1) is 16.7. The number of hydrogen-bond acceptors (Lipinski definition) is 4. The Morgan fingerprint density at radius 2 is 0.794 bits per heavy atom. The molecule has 198 valence electrons. The molecule has 6 heteroatoms. The number of nitrogens with one attached hydrogen (secondary N) is 2. The summed E-state index contributed by atoms with van der Waals surface area (Å²) in [5.74, 6) is 0. The van der Waals surface area contributed by atoms with Crippen molar-refractivity contribution in [2.75, 3.05) is 26.3 Å². The van der Waals surface area contributed by atoms with Gasteiger partial charge in [0.2, 0.25) is 0 Å². The van der Waals surface area contributed by atoms with Crippen LogP contribution in [0.4, 0.5) is 9.59 Å². The molecule has 0 radical (unpaired) electrons. The number of amides is 2. The number of rotatable bonds is 25.